The molecule has 0 saturated heterocycles. The van der Waals surface area contributed by atoms with E-state index in [-0.39, 0.29) is 6.61 Å². The number of halogens is 1. The van der Waals surface area contributed by atoms with E-state index >= 15 is 0 Å². The molecule has 0 N–H and O–H groups in total. The Morgan fingerprint density at radius 2 is 1.13 bits per heavy atom. The maximum atomic E-state index is 12.7. The first-order valence-electron chi connectivity index (χ1n) is 10.3. The van der Waals surface area contributed by atoms with Crippen molar-refractivity contribution in [2.45, 2.75) is 6.16 Å². The van der Waals surface area contributed by atoms with E-state index in [1.165, 1.54) is 21.5 Å². The summed E-state index contributed by atoms with van der Waals surface area (Å²) in [6, 6.07) is 40.5. The van der Waals surface area contributed by atoms with Crippen molar-refractivity contribution in [3.63, 3.8) is 0 Å². The van der Waals surface area contributed by atoms with Crippen LogP contribution in [-0.2, 0) is 6.16 Å². The van der Waals surface area contributed by atoms with Crippen LogP contribution in [0.3, 0.4) is 0 Å². The van der Waals surface area contributed by atoms with Gasteiger partial charge in [-0.3, -0.25) is 0 Å². The van der Waals surface area contributed by atoms with Gasteiger partial charge in [-0.1, -0.05) is 0 Å². The third-order valence-electron chi connectivity index (χ3n) is 5.52. The molecule has 1 nitrogen and oxygen atoms in total. The maximum absolute atomic E-state index is 12.7. The van der Waals surface area contributed by atoms with E-state index in [4.69, 9.17) is 4.74 Å². The first-order valence-corrected chi connectivity index (χ1v) is 12.5. The molecule has 0 saturated carbocycles. The van der Waals surface area contributed by atoms with Crippen molar-refractivity contribution in [3.8, 4) is 5.75 Å². The van der Waals surface area contributed by atoms with Crippen LogP contribution in [0.2, 0.25) is 0 Å². The van der Waals surface area contributed by atoms with Crippen LogP contribution in [0.5, 0.6) is 5.75 Å². The molecule has 0 aliphatic heterocycles. The Labute approximate surface area is 178 Å². The second-order valence-corrected chi connectivity index (χ2v) is 11.3. The van der Waals surface area contributed by atoms with Crippen LogP contribution in [-0.4, -0.2) is 13.3 Å². The van der Waals surface area contributed by atoms with Gasteiger partial charge in [-0.05, 0) is 0 Å². The molecule has 0 aliphatic rings. The molecule has 0 spiro atoms. The van der Waals surface area contributed by atoms with Crippen molar-refractivity contribution in [1.82, 2.24) is 0 Å². The van der Waals surface area contributed by atoms with E-state index in [0.717, 1.165) is 11.9 Å². The second kappa shape index (κ2) is 9.69. The summed E-state index contributed by atoms with van der Waals surface area (Å²) in [6.07, 6.45) is 0.939. The molecule has 0 aliphatic carbocycles. The molecule has 0 unspecified atom stereocenters. The fraction of sp³-hybridized carbons (Fsp3) is 0.111. The van der Waals surface area contributed by atoms with Crippen LogP contribution in [0.25, 0.3) is 0 Å². The van der Waals surface area contributed by atoms with Crippen LogP contribution in [0, 0.1) is 0 Å². The van der Waals surface area contributed by atoms with Gasteiger partial charge in [0.15, 0.2) is 0 Å². The summed E-state index contributed by atoms with van der Waals surface area (Å²) in [5.74, 6) is 0.724. The van der Waals surface area contributed by atoms with Gasteiger partial charge in [0.05, 0.1) is 0 Å². The van der Waals surface area contributed by atoms with Gasteiger partial charge in [0, 0.05) is 0 Å². The van der Waals surface area contributed by atoms with Crippen molar-refractivity contribution in [3.05, 3.63) is 121 Å². The molecule has 0 atom stereocenters. The zero-order valence-electron chi connectivity index (χ0n) is 16.9. The summed E-state index contributed by atoms with van der Waals surface area (Å²) < 4.78 is 18.4. The Balaban J connectivity index is 1.95. The zero-order valence-corrected chi connectivity index (χ0v) is 17.9. The van der Waals surface area contributed by atoms with E-state index < -0.39 is 13.9 Å². The minimum atomic E-state index is -2.41. The Morgan fingerprint density at radius 3 is 1.70 bits per heavy atom. The zero-order chi connectivity index (χ0) is 20.7. The summed E-state index contributed by atoms with van der Waals surface area (Å²) in [6.45, 7) is -0.415. The molecule has 4 aromatic rings. The predicted octanol–water partition coefficient (Wildman–Crippen LogP) is 5.26. The third kappa shape index (κ3) is 4.30. The van der Waals surface area contributed by atoms with Crippen molar-refractivity contribution >= 4 is 23.2 Å². The average molecular weight is 416 g/mol. The molecular formula is C27H26FOP. The van der Waals surface area contributed by atoms with Crippen LogP contribution >= 0.6 is 7.26 Å². The standard InChI is InChI=1S/C27H26FOP/c28-19-20-29-24-13-10-18-27(21-24)30(25-14-6-2-7-15-25,26-16-8-3-9-17-26)22-23-11-4-1-5-12-23/h1-18,21,30H,19-20,22H2. The molecule has 0 bridgehead atoms. The molecule has 4 rings (SSSR count). The molecule has 0 amide bonds. The number of hydrogen-bond acceptors (Lipinski definition) is 1. The normalized spacial score (nSPS) is 11.8. The number of rotatable bonds is 8. The van der Waals surface area contributed by atoms with Crippen LogP contribution in [0.4, 0.5) is 4.39 Å². The van der Waals surface area contributed by atoms with Crippen molar-refractivity contribution < 1.29 is 9.13 Å². The first kappa shape index (κ1) is 20.3. The molecule has 0 radical (unpaired) electrons. The number of benzene rings is 4. The molecule has 30 heavy (non-hydrogen) atoms. The van der Waals surface area contributed by atoms with Gasteiger partial charge in [0.25, 0.3) is 0 Å². The summed E-state index contributed by atoms with van der Waals surface area (Å²) in [5.41, 5.74) is 1.31. The van der Waals surface area contributed by atoms with E-state index in [2.05, 4.69) is 103 Å². The average Bonchev–Trinajstić information content (AvgIpc) is 2.83. The fourth-order valence-electron chi connectivity index (χ4n) is 4.16. The molecule has 0 fully saturated rings. The van der Waals surface area contributed by atoms with E-state index in [9.17, 15) is 4.39 Å². The van der Waals surface area contributed by atoms with Gasteiger partial charge in [-0.15, -0.1) is 0 Å². The van der Waals surface area contributed by atoms with E-state index in [1.54, 1.807) is 0 Å². The number of alkyl halides is 1. The Bertz CT molecular complexity index is 1010. The van der Waals surface area contributed by atoms with Crippen LogP contribution in [0.15, 0.2) is 115 Å². The van der Waals surface area contributed by atoms with Gasteiger partial charge in [-0.2, -0.15) is 0 Å². The van der Waals surface area contributed by atoms with Gasteiger partial charge in [0.1, 0.15) is 0 Å². The Morgan fingerprint density at radius 1 is 0.600 bits per heavy atom. The van der Waals surface area contributed by atoms with Crippen molar-refractivity contribution in [2.24, 2.45) is 0 Å². The topological polar surface area (TPSA) is 9.23 Å². The van der Waals surface area contributed by atoms with Gasteiger partial charge >= 0.3 is 178 Å². The molecule has 4 aromatic carbocycles. The Hall–Kier alpha value is -2.96. The van der Waals surface area contributed by atoms with E-state index in [1.807, 2.05) is 12.1 Å². The molecular weight excluding hydrogens is 390 g/mol. The number of ether oxygens (including phenoxy) is 1. The SMILES string of the molecule is FCCOc1cccc([PH](Cc2ccccc2)(c2ccccc2)c2ccccc2)c1. The summed E-state index contributed by atoms with van der Waals surface area (Å²) >= 11 is 0. The molecule has 0 aromatic heterocycles. The van der Waals surface area contributed by atoms with Crippen molar-refractivity contribution in [1.29, 1.82) is 0 Å². The van der Waals surface area contributed by atoms with Crippen LogP contribution < -0.4 is 20.7 Å². The van der Waals surface area contributed by atoms with Crippen molar-refractivity contribution in [2.75, 3.05) is 13.3 Å². The fourth-order valence-corrected chi connectivity index (χ4v) is 8.91. The second-order valence-electron chi connectivity index (χ2n) is 7.37. The summed E-state index contributed by atoms with van der Waals surface area (Å²) in [4.78, 5) is 0. The Kier molecular flexibility index (Phi) is 6.57. The number of hydrogen-bond donors (Lipinski definition) is 0. The summed E-state index contributed by atoms with van der Waals surface area (Å²) in [5, 5.41) is 3.96. The minimum absolute atomic E-state index is 0.0768. The predicted molar refractivity (Wildman–Crippen MR) is 128 cm³/mol. The van der Waals surface area contributed by atoms with Gasteiger partial charge in [0.2, 0.25) is 0 Å². The quantitative estimate of drug-likeness (QED) is 0.356. The molecule has 0 heterocycles. The van der Waals surface area contributed by atoms with Gasteiger partial charge < -0.3 is 0 Å². The van der Waals surface area contributed by atoms with Crippen LogP contribution in [0.1, 0.15) is 5.56 Å². The molecule has 3 heteroatoms. The third-order valence-corrected chi connectivity index (χ3v) is 10.4. The molecule has 152 valence electrons. The summed E-state index contributed by atoms with van der Waals surface area (Å²) in [7, 11) is -2.41. The monoisotopic (exact) mass is 416 g/mol. The van der Waals surface area contributed by atoms with E-state index in [0.29, 0.717) is 0 Å². The van der Waals surface area contributed by atoms with Gasteiger partial charge in [-0.25, -0.2) is 0 Å². The first-order chi connectivity index (χ1) is 14.8.